The Bertz CT molecular complexity index is 547. The van der Waals surface area contributed by atoms with Crippen molar-refractivity contribution in [1.82, 2.24) is 5.32 Å². The third-order valence-electron chi connectivity index (χ3n) is 4.62. The molecule has 3 rings (SSSR count). The molecule has 116 valence electrons. The maximum absolute atomic E-state index is 14.3. The number of phenolic OH excluding ortho intramolecular Hbond substituents is 1. The van der Waals surface area contributed by atoms with Crippen LogP contribution in [0.2, 0.25) is 0 Å². The van der Waals surface area contributed by atoms with E-state index in [1.165, 1.54) is 18.6 Å². The van der Waals surface area contributed by atoms with Gasteiger partial charge in [-0.25, -0.2) is 4.39 Å². The average molecular weight is 296 g/mol. The lowest BCUT2D eigenvalue weighted by atomic mass is 9.83. The summed E-state index contributed by atoms with van der Waals surface area (Å²) in [6.45, 7) is 4.79. The van der Waals surface area contributed by atoms with Gasteiger partial charge in [0.05, 0.1) is 5.69 Å². The molecule has 0 radical (unpaired) electrons. The second-order valence-corrected chi connectivity index (χ2v) is 6.85. The van der Waals surface area contributed by atoms with Crippen LogP contribution in [0.4, 0.5) is 14.5 Å². The van der Waals surface area contributed by atoms with Crippen LogP contribution in [0.5, 0.6) is 5.75 Å². The number of nitrogens with zero attached hydrogens (tertiary/aromatic N) is 1. The van der Waals surface area contributed by atoms with Crippen molar-refractivity contribution in [3.8, 4) is 5.75 Å². The van der Waals surface area contributed by atoms with Crippen LogP contribution in [0.1, 0.15) is 39.5 Å². The summed E-state index contributed by atoms with van der Waals surface area (Å²) in [5.74, 6) is -2.74. The van der Waals surface area contributed by atoms with Gasteiger partial charge in [0, 0.05) is 24.2 Å². The fourth-order valence-corrected chi connectivity index (χ4v) is 3.76. The maximum atomic E-state index is 14.3. The van der Waals surface area contributed by atoms with E-state index in [0.29, 0.717) is 12.6 Å². The number of hydrogen-bond acceptors (Lipinski definition) is 3. The first kappa shape index (κ1) is 14.6. The molecule has 1 saturated carbocycles. The fourth-order valence-electron chi connectivity index (χ4n) is 3.76. The summed E-state index contributed by atoms with van der Waals surface area (Å²) in [5.41, 5.74) is 0.107. The lowest BCUT2D eigenvalue weighted by Crippen LogP contribution is -2.67. The summed E-state index contributed by atoms with van der Waals surface area (Å²) in [5, 5.41) is 12.9. The number of hydrogen-bond donors (Lipinski definition) is 2. The molecule has 0 aromatic heterocycles. The van der Waals surface area contributed by atoms with E-state index < -0.39 is 17.4 Å². The van der Waals surface area contributed by atoms with Crippen molar-refractivity contribution in [2.24, 2.45) is 0 Å². The van der Waals surface area contributed by atoms with Gasteiger partial charge in [0.1, 0.15) is 0 Å². The molecule has 1 saturated heterocycles. The van der Waals surface area contributed by atoms with Crippen molar-refractivity contribution in [1.29, 1.82) is 0 Å². The number of piperazine rings is 1. The number of halogens is 2. The Balaban J connectivity index is 2.00. The van der Waals surface area contributed by atoms with E-state index in [2.05, 4.69) is 19.2 Å². The highest BCUT2D eigenvalue weighted by Crippen LogP contribution is 2.36. The van der Waals surface area contributed by atoms with E-state index in [4.69, 9.17) is 0 Å². The molecule has 21 heavy (non-hydrogen) atoms. The molecule has 2 atom stereocenters. The molecule has 0 amide bonds. The van der Waals surface area contributed by atoms with E-state index in [-0.39, 0.29) is 17.3 Å². The van der Waals surface area contributed by atoms with Crippen LogP contribution in [0.15, 0.2) is 12.1 Å². The number of benzene rings is 1. The number of phenols is 1. The van der Waals surface area contributed by atoms with E-state index in [0.717, 1.165) is 19.3 Å². The first-order valence-corrected chi connectivity index (χ1v) is 7.60. The molecule has 0 unspecified atom stereocenters. The van der Waals surface area contributed by atoms with Gasteiger partial charge in [-0.05, 0) is 38.8 Å². The zero-order valence-electron chi connectivity index (χ0n) is 12.5. The second-order valence-electron chi connectivity index (χ2n) is 6.85. The Labute approximate surface area is 124 Å². The zero-order valence-corrected chi connectivity index (χ0v) is 12.5. The van der Waals surface area contributed by atoms with Crippen LogP contribution >= 0.6 is 0 Å². The molecule has 1 aromatic rings. The van der Waals surface area contributed by atoms with Gasteiger partial charge in [-0.2, -0.15) is 4.39 Å². The van der Waals surface area contributed by atoms with E-state index in [9.17, 15) is 13.9 Å². The zero-order chi connectivity index (χ0) is 15.2. The van der Waals surface area contributed by atoms with Crippen molar-refractivity contribution in [2.45, 2.75) is 57.2 Å². The standard InChI is InChI=1S/C16H22F2N2O/c1-16(2)9-20(11-6-4-3-5-10(11)19-16)12-7-8-13(21)15(18)14(12)17/h7-8,10-11,19,21H,3-6,9H2,1-2H3/t10-,11+/m1/s1. The van der Waals surface area contributed by atoms with Gasteiger partial charge in [0.25, 0.3) is 0 Å². The third kappa shape index (κ3) is 2.59. The highest BCUT2D eigenvalue weighted by atomic mass is 19.2. The number of anilines is 1. The Morgan fingerprint density at radius 3 is 2.67 bits per heavy atom. The number of rotatable bonds is 1. The van der Waals surface area contributed by atoms with Crippen LogP contribution < -0.4 is 10.2 Å². The van der Waals surface area contributed by atoms with Crippen LogP contribution in [-0.2, 0) is 0 Å². The number of nitrogens with one attached hydrogen (secondary N) is 1. The van der Waals surface area contributed by atoms with Crippen molar-refractivity contribution in [3.05, 3.63) is 23.8 Å². The smallest absolute Gasteiger partial charge is 0.202 e. The Hall–Kier alpha value is -1.36. The predicted molar refractivity (Wildman–Crippen MR) is 78.6 cm³/mol. The normalized spacial score (nSPS) is 28.3. The summed E-state index contributed by atoms with van der Waals surface area (Å²) < 4.78 is 28.0. The molecular formula is C16H22F2N2O. The van der Waals surface area contributed by atoms with E-state index >= 15 is 0 Å². The molecule has 1 aliphatic heterocycles. The topological polar surface area (TPSA) is 35.5 Å². The summed E-state index contributed by atoms with van der Waals surface area (Å²) in [7, 11) is 0. The van der Waals surface area contributed by atoms with Gasteiger partial charge in [-0.15, -0.1) is 0 Å². The molecule has 2 fully saturated rings. The minimum absolute atomic E-state index is 0.153. The van der Waals surface area contributed by atoms with Crippen LogP contribution in [0.3, 0.4) is 0 Å². The Morgan fingerprint density at radius 1 is 1.19 bits per heavy atom. The summed E-state index contributed by atoms with van der Waals surface area (Å²) in [6, 6.07) is 3.21. The van der Waals surface area contributed by atoms with Crippen molar-refractivity contribution in [3.63, 3.8) is 0 Å². The lowest BCUT2D eigenvalue weighted by Gasteiger charge is -2.52. The van der Waals surface area contributed by atoms with Crippen molar-refractivity contribution < 1.29 is 13.9 Å². The molecule has 1 aliphatic carbocycles. The summed E-state index contributed by atoms with van der Waals surface area (Å²) in [6.07, 6.45) is 4.33. The first-order chi connectivity index (χ1) is 9.89. The third-order valence-corrected chi connectivity index (χ3v) is 4.62. The van der Waals surface area contributed by atoms with Crippen LogP contribution in [0.25, 0.3) is 0 Å². The SMILES string of the molecule is CC1(C)CN(c2ccc(O)c(F)c2F)[C@H]2CCCC[C@H]2N1. The molecule has 1 aromatic carbocycles. The second kappa shape index (κ2) is 5.13. The largest absolute Gasteiger partial charge is 0.505 e. The van der Waals surface area contributed by atoms with Crippen LogP contribution in [0, 0.1) is 11.6 Å². The van der Waals surface area contributed by atoms with E-state index in [1.54, 1.807) is 0 Å². The maximum Gasteiger partial charge on any atom is 0.202 e. The highest BCUT2D eigenvalue weighted by molar-refractivity contribution is 5.53. The molecule has 2 N–H and O–H groups in total. The highest BCUT2D eigenvalue weighted by Gasteiger charge is 2.41. The van der Waals surface area contributed by atoms with Gasteiger partial charge in [0.2, 0.25) is 5.82 Å². The minimum atomic E-state index is -1.16. The molecule has 3 nitrogen and oxygen atoms in total. The van der Waals surface area contributed by atoms with Gasteiger partial charge < -0.3 is 15.3 Å². The molecule has 5 heteroatoms. The van der Waals surface area contributed by atoms with Gasteiger partial charge in [-0.1, -0.05) is 12.8 Å². The average Bonchev–Trinajstić information content (AvgIpc) is 2.43. The lowest BCUT2D eigenvalue weighted by molar-refractivity contribution is 0.198. The quantitative estimate of drug-likeness (QED) is 0.835. The Morgan fingerprint density at radius 2 is 1.90 bits per heavy atom. The number of aromatic hydroxyl groups is 1. The summed E-state index contributed by atoms with van der Waals surface area (Å²) in [4.78, 5) is 1.98. The summed E-state index contributed by atoms with van der Waals surface area (Å²) >= 11 is 0. The minimum Gasteiger partial charge on any atom is -0.505 e. The van der Waals surface area contributed by atoms with Gasteiger partial charge in [0.15, 0.2) is 11.6 Å². The molecule has 0 bridgehead atoms. The monoisotopic (exact) mass is 296 g/mol. The fraction of sp³-hybridized carbons (Fsp3) is 0.625. The van der Waals surface area contributed by atoms with Crippen molar-refractivity contribution >= 4 is 5.69 Å². The molecular weight excluding hydrogens is 274 g/mol. The molecule has 1 heterocycles. The van der Waals surface area contributed by atoms with E-state index in [1.807, 2.05) is 4.90 Å². The number of fused-ring (bicyclic) bond motifs is 1. The molecule has 0 spiro atoms. The molecule has 2 aliphatic rings. The van der Waals surface area contributed by atoms with Crippen molar-refractivity contribution in [2.75, 3.05) is 11.4 Å². The Kier molecular flexibility index (Phi) is 3.56. The van der Waals surface area contributed by atoms with Gasteiger partial charge >= 0.3 is 0 Å². The van der Waals surface area contributed by atoms with Crippen LogP contribution in [-0.4, -0.2) is 29.3 Å². The predicted octanol–water partition coefficient (Wildman–Crippen LogP) is 3.17. The first-order valence-electron chi connectivity index (χ1n) is 7.60. The van der Waals surface area contributed by atoms with Gasteiger partial charge in [-0.3, -0.25) is 0 Å².